The van der Waals surface area contributed by atoms with Crippen LogP contribution in [-0.4, -0.2) is 37.3 Å². The normalized spacial score (nSPS) is 17.2. The summed E-state index contributed by atoms with van der Waals surface area (Å²) in [6.07, 6.45) is -2.21. The first-order chi connectivity index (χ1) is 10.8. The third kappa shape index (κ3) is 6.97. The number of carbonyl (C=O) groups is 1. The summed E-state index contributed by atoms with van der Waals surface area (Å²) in [5.74, 6) is 0.350. The number of hydrogen-bond acceptors (Lipinski definition) is 3. The Morgan fingerprint density at radius 3 is 2.54 bits per heavy atom. The molecule has 1 atom stereocenters. The average Bonchev–Trinajstić information content (AvgIpc) is 2.98. The van der Waals surface area contributed by atoms with Crippen LogP contribution in [0.5, 0.6) is 5.75 Å². The summed E-state index contributed by atoms with van der Waals surface area (Å²) in [5, 5.41) is 3.27. The van der Waals surface area contributed by atoms with Gasteiger partial charge in [0.25, 0.3) is 0 Å². The van der Waals surface area contributed by atoms with E-state index in [1.54, 1.807) is 11.9 Å². The molecular weight excluding hydrogens is 345 g/mol. The van der Waals surface area contributed by atoms with Gasteiger partial charge in [-0.1, -0.05) is 12.1 Å². The minimum atomic E-state index is -4.69. The van der Waals surface area contributed by atoms with Gasteiger partial charge in [-0.15, -0.1) is 25.6 Å². The van der Waals surface area contributed by atoms with E-state index in [-0.39, 0.29) is 24.1 Å². The van der Waals surface area contributed by atoms with Gasteiger partial charge in [0.15, 0.2) is 0 Å². The van der Waals surface area contributed by atoms with Crippen molar-refractivity contribution in [3.8, 4) is 5.75 Å². The largest absolute Gasteiger partial charge is 0.573 e. The number of alkyl halides is 3. The molecule has 0 bridgehead atoms. The number of rotatable bonds is 6. The van der Waals surface area contributed by atoms with Crippen molar-refractivity contribution in [3.05, 3.63) is 29.8 Å². The van der Waals surface area contributed by atoms with Crippen LogP contribution in [0.3, 0.4) is 0 Å². The van der Waals surface area contributed by atoms with Gasteiger partial charge in [0, 0.05) is 20.0 Å². The third-order valence-corrected chi connectivity index (χ3v) is 3.93. The van der Waals surface area contributed by atoms with Gasteiger partial charge in [-0.3, -0.25) is 4.79 Å². The summed E-state index contributed by atoms with van der Waals surface area (Å²) >= 11 is 0. The zero-order valence-corrected chi connectivity index (χ0v) is 14.3. The molecule has 24 heavy (non-hydrogen) atoms. The van der Waals surface area contributed by atoms with Crippen LogP contribution in [0.25, 0.3) is 0 Å². The van der Waals surface area contributed by atoms with Crippen molar-refractivity contribution in [1.82, 2.24) is 10.2 Å². The summed E-state index contributed by atoms with van der Waals surface area (Å²) in [7, 11) is 1.70. The molecular formula is C16H22ClF3N2O2. The summed E-state index contributed by atoms with van der Waals surface area (Å²) in [6.45, 7) is 2.35. The summed E-state index contributed by atoms with van der Waals surface area (Å²) in [6, 6.07) is 5.58. The number of carbonyl (C=O) groups excluding carboxylic acids is 1. The zero-order valence-electron chi connectivity index (χ0n) is 13.4. The molecule has 2 rings (SSSR count). The molecule has 0 aromatic heterocycles. The van der Waals surface area contributed by atoms with Crippen molar-refractivity contribution < 1.29 is 22.7 Å². The molecule has 1 saturated heterocycles. The van der Waals surface area contributed by atoms with E-state index >= 15 is 0 Å². The number of benzene rings is 1. The van der Waals surface area contributed by atoms with Crippen LogP contribution < -0.4 is 10.1 Å². The first kappa shape index (κ1) is 20.6. The maximum absolute atomic E-state index is 12.1. The van der Waals surface area contributed by atoms with Gasteiger partial charge < -0.3 is 15.0 Å². The van der Waals surface area contributed by atoms with E-state index in [1.807, 2.05) is 0 Å². The molecule has 1 aromatic rings. The molecule has 0 radical (unpaired) electrons. The molecule has 0 saturated carbocycles. The summed E-state index contributed by atoms with van der Waals surface area (Å²) in [4.78, 5) is 13.7. The van der Waals surface area contributed by atoms with Crippen molar-refractivity contribution in [2.24, 2.45) is 5.92 Å². The second-order valence-corrected chi connectivity index (χ2v) is 5.84. The van der Waals surface area contributed by atoms with Crippen LogP contribution >= 0.6 is 12.4 Å². The van der Waals surface area contributed by atoms with Gasteiger partial charge in [0.2, 0.25) is 5.91 Å². The van der Waals surface area contributed by atoms with E-state index in [0.717, 1.165) is 31.5 Å². The predicted octanol–water partition coefficient (Wildman–Crippen LogP) is 3.36. The first-order valence-electron chi connectivity index (χ1n) is 7.63. The molecule has 0 spiro atoms. The Balaban J connectivity index is 0.00000288. The fourth-order valence-corrected chi connectivity index (χ4v) is 2.64. The van der Waals surface area contributed by atoms with Gasteiger partial charge in [0.1, 0.15) is 5.75 Å². The highest BCUT2D eigenvalue weighted by Gasteiger charge is 2.31. The van der Waals surface area contributed by atoms with Crippen molar-refractivity contribution >= 4 is 18.3 Å². The molecule has 8 heteroatoms. The first-order valence-corrected chi connectivity index (χ1v) is 7.63. The Hall–Kier alpha value is -1.47. The quantitative estimate of drug-likeness (QED) is 0.839. The topological polar surface area (TPSA) is 41.6 Å². The molecule has 1 N–H and O–H groups in total. The standard InChI is InChI=1S/C16H21F3N2O2.ClH/c1-21(15(22)7-4-12-8-9-20-10-12)11-13-2-5-14(6-3-13)23-16(17,18)19;/h2-3,5-6,12,20H,4,7-11H2,1H3;1H. The van der Waals surface area contributed by atoms with Gasteiger partial charge in [-0.2, -0.15) is 0 Å². The van der Waals surface area contributed by atoms with Gasteiger partial charge in [0.05, 0.1) is 0 Å². The highest BCUT2D eigenvalue weighted by atomic mass is 35.5. The Kier molecular flexibility index (Phi) is 7.83. The Morgan fingerprint density at radius 1 is 1.33 bits per heavy atom. The van der Waals surface area contributed by atoms with E-state index in [9.17, 15) is 18.0 Å². The molecule has 1 aromatic carbocycles. The SMILES string of the molecule is CN(Cc1ccc(OC(F)(F)F)cc1)C(=O)CCC1CCNC1.Cl. The molecule has 1 aliphatic rings. The number of halogens is 4. The zero-order chi connectivity index (χ0) is 16.9. The number of hydrogen-bond donors (Lipinski definition) is 1. The fraction of sp³-hybridized carbons (Fsp3) is 0.562. The lowest BCUT2D eigenvalue weighted by Crippen LogP contribution is -2.26. The predicted molar refractivity (Wildman–Crippen MR) is 87.1 cm³/mol. The van der Waals surface area contributed by atoms with Crippen LogP contribution in [-0.2, 0) is 11.3 Å². The highest BCUT2D eigenvalue weighted by molar-refractivity contribution is 5.85. The van der Waals surface area contributed by atoms with Crippen LogP contribution in [0.1, 0.15) is 24.8 Å². The maximum atomic E-state index is 12.1. The fourth-order valence-electron chi connectivity index (χ4n) is 2.64. The minimum Gasteiger partial charge on any atom is -0.406 e. The summed E-state index contributed by atoms with van der Waals surface area (Å²) in [5.41, 5.74) is 0.762. The van der Waals surface area contributed by atoms with Crippen molar-refractivity contribution in [3.63, 3.8) is 0 Å². The van der Waals surface area contributed by atoms with Crippen LogP contribution in [0.15, 0.2) is 24.3 Å². The second kappa shape index (κ2) is 9.13. The van der Waals surface area contributed by atoms with Crippen molar-refractivity contribution in [2.45, 2.75) is 32.2 Å². The van der Waals surface area contributed by atoms with E-state index in [0.29, 0.717) is 18.9 Å². The molecule has 0 aliphatic carbocycles. The lowest BCUT2D eigenvalue weighted by atomic mass is 10.0. The second-order valence-electron chi connectivity index (χ2n) is 5.84. The molecule has 1 amide bonds. The molecule has 136 valence electrons. The Morgan fingerprint density at radius 2 is 2.00 bits per heavy atom. The molecule has 1 heterocycles. The lowest BCUT2D eigenvalue weighted by molar-refractivity contribution is -0.274. The highest BCUT2D eigenvalue weighted by Crippen LogP contribution is 2.23. The van der Waals surface area contributed by atoms with Crippen LogP contribution in [0.4, 0.5) is 13.2 Å². The van der Waals surface area contributed by atoms with Crippen molar-refractivity contribution in [1.29, 1.82) is 0 Å². The van der Waals surface area contributed by atoms with E-state index in [1.165, 1.54) is 24.3 Å². The molecule has 1 unspecified atom stereocenters. The average molecular weight is 367 g/mol. The van der Waals surface area contributed by atoms with E-state index < -0.39 is 6.36 Å². The summed E-state index contributed by atoms with van der Waals surface area (Å²) < 4.78 is 40.1. The maximum Gasteiger partial charge on any atom is 0.573 e. The molecule has 1 aliphatic heterocycles. The number of ether oxygens (including phenoxy) is 1. The van der Waals surface area contributed by atoms with Gasteiger partial charge in [-0.05, 0) is 49.5 Å². The minimum absolute atomic E-state index is 0. The molecule has 4 nitrogen and oxygen atoms in total. The van der Waals surface area contributed by atoms with Crippen LogP contribution in [0, 0.1) is 5.92 Å². The van der Waals surface area contributed by atoms with E-state index in [4.69, 9.17) is 0 Å². The number of nitrogens with zero attached hydrogens (tertiary/aromatic N) is 1. The Labute approximate surface area is 145 Å². The van der Waals surface area contributed by atoms with Gasteiger partial charge in [-0.25, -0.2) is 0 Å². The number of nitrogens with one attached hydrogen (secondary N) is 1. The molecule has 1 fully saturated rings. The Bertz CT molecular complexity index is 517. The monoisotopic (exact) mass is 366 g/mol. The van der Waals surface area contributed by atoms with Gasteiger partial charge >= 0.3 is 6.36 Å². The number of amides is 1. The van der Waals surface area contributed by atoms with Crippen molar-refractivity contribution in [2.75, 3.05) is 20.1 Å². The van der Waals surface area contributed by atoms with Crippen LogP contribution in [0.2, 0.25) is 0 Å². The third-order valence-electron chi connectivity index (χ3n) is 3.93. The van der Waals surface area contributed by atoms with E-state index in [2.05, 4.69) is 10.1 Å². The lowest BCUT2D eigenvalue weighted by Gasteiger charge is -2.18. The smallest absolute Gasteiger partial charge is 0.406 e.